The number of phosphoric acid groups is 1. The molecule has 0 aliphatic rings. The van der Waals surface area contributed by atoms with Crippen molar-refractivity contribution < 1.29 is 46.8 Å². The van der Waals surface area contributed by atoms with E-state index >= 15 is 0 Å². The van der Waals surface area contributed by atoms with E-state index in [4.69, 9.17) is 23.3 Å². The number of unbranched alkanes of at least 4 members (excludes halogenated alkanes) is 16. The number of likely N-dealkylation sites (N-methyl/N-ethyl adjacent to an activating group) is 1. The Balaban J connectivity index is 4.39. The van der Waals surface area contributed by atoms with Crippen molar-refractivity contribution in [2.45, 2.75) is 141 Å². The van der Waals surface area contributed by atoms with Crippen molar-refractivity contribution in [3.63, 3.8) is 0 Å². The van der Waals surface area contributed by atoms with Gasteiger partial charge in [0.2, 0.25) is 0 Å². The topological polar surface area (TPSA) is 120 Å². The van der Waals surface area contributed by atoms with Gasteiger partial charge < -0.3 is 32.6 Å². The highest BCUT2D eigenvalue weighted by atomic mass is 31.2. The van der Waals surface area contributed by atoms with Crippen molar-refractivity contribution in [2.75, 3.05) is 61.2 Å². The molecule has 0 saturated carbocycles. The first kappa shape index (κ1) is 43.0. The first-order chi connectivity index (χ1) is 21.0. The van der Waals surface area contributed by atoms with Crippen LogP contribution in [0.25, 0.3) is 0 Å². The molecule has 2 unspecified atom stereocenters. The highest BCUT2D eigenvalue weighted by Gasteiger charge is 2.21. The van der Waals surface area contributed by atoms with Gasteiger partial charge in [-0.05, 0) is 19.3 Å². The molecule has 0 aromatic rings. The molecule has 10 nitrogen and oxygen atoms in total. The van der Waals surface area contributed by atoms with Crippen LogP contribution >= 0.6 is 7.82 Å². The summed E-state index contributed by atoms with van der Waals surface area (Å²) in [5.41, 5.74) is 0. The van der Waals surface area contributed by atoms with Gasteiger partial charge in [-0.3, -0.25) is 14.2 Å². The predicted octanol–water partition coefficient (Wildman–Crippen LogP) is 7.12. The summed E-state index contributed by atoms with van der Waals surface area (Å²) < 4.78 is 38.5. The van der Waals surface area contributed by atoms with Crippen molar-refractivity contribution in [1.82, 2.24) is 0 Å². The number of methoxy groups -OCH3 is 1. The summed E-state index contributed by atoms with van der Waals surface area (Å²) in [7, 11) is 2.82. The minimum absolute atomic E-state index is 0.0345. The second kappa shape index (κ2) is 28.2. The second-order valence-electron chi connectivity index (χ2n) is 12.9. The van der Waals surface area contributed by atoms with Crippen molar-refractivity contribution in [2.24, 2.45) is 0 Å². The van der Waals surface area contributed by atoms with Gasteiger partial charge in [0.25, 0.3) is 7.82 Å². The zero-order chi connectivity index (χ0) is 32.9. The maximum absolute atomic E-state index is 12.4. The summed E-state index contributed by atoms with van der Waals surface area (Å²) >= 11 is 0. The molecule has 0 aromatic heterocycles. The lowest BCUT2D eigenvalue weighted by molar-refractivity contribution is -0.870. The summed E-state index contributed by atoms with van der Waals surface area (Å²) in [6, 6.07) is 0. The number of rotatable bonds is 32. The maximum atomic E-state index is 12.4. The summed E-state index contributed by atoms with van der Waals surface area (Å²) in [4.78, 5) is 37.0. The molecule has 0 heterocycles. The van der Waals surface area contributed by atoms with Gasteiger partial charge in [0.15, 0.2) is 6.10 Å². The van der Waals surface area contributed by atoms with Crippen LogP contribution in [0.5, 0.6) is 0 Å². The Morgan fingerprint density at radius 2 is 1.14 bits per heavy atom. The number of quaternary nitrogens is 1. The van der Waals surface area contributed by atoms with E-state index in [-0.39, 0.29) is 26.1 Å². The molecule has 262 valence electrons. The summed E-state index contributed by atoms with van der Waals surface area (Å²) in [6.07, 6.45) is 19.8. The molecular formula is C33H66NO9P. The molecule has 0 fully saturated rings. The van der Waals surface area contributed by atoms with Gasteiger partial charge in [-0.25, -0.2) is 0 Å². The molecule has 0 saturated heterocycles. The number of hydrogen-bond donors (Lipinski definition) is 0. The lowest BCUT2D eigenvalue weighted by Gasteiger charge is -2.28. The van der Waals surface area contributed by atoms with Gasteiger partial charge in [-0.15, -0.1) is 0 Å². The fraction of sp³-hybridized carbons (Fsp3) is 0.939. The lowest BCUT2D eigenvalue weighted by Crippen LogP contribution is -2.37. The molecule has 0 N–H and O–H groups in total. The van der Waals surface area contributed by atoms with Crippen LogP contribution in [0.2, 0.25) is 0 Å². The van der Waals surface area contributed by atoms with Crippen LogP contribution < -0.4 is 4.89 Å². The van der Waals surface area contributed by atoms with E-state index in [0.717, 1.165) is 51.6 Å². The SMILES string of the molecule is CCCCCCCCCCCCCCCC(=O)OCC(COP(=O)([O-])OCC[N+](C)(C)C)OC(=O)CCCCCCCOC. The quantitative estimate of drug-likeness (QED) is 0.0324. The van der Waals surface area contributed by atoms with Gasteiger partial charge in [0.1, 0.15) is 19.8 Å². The van der Waals surface area contributed by atoms with Crippen molar-refractivity contribution in [3.8, 4) is 0 Å². The highest BCUT2D eigenvalue weighted by Crippen LogP contribution is 2.38. The molecular weight excluding hydrogens is 585 g/mol. The normalized spacial score (nSPS) is 13.9. The number of ether oxygens (including phenoxy) is 3. The molecule has 0 amide bonds. The number of phosphoric ester groups is 1. The van der Waals surface area contributed by atoms with E-state index in [1.807, 2.05) is 21.1 Å². The fourth-order valence-electron chi connectivity index (χ4n) is 4.59. The van der Waals surface area contributed by atoms with Gasteiger partial charge in [-0.2, -0.15) is 0 Å². The van der Waals surface area contributed by atoms with E-state index in [1.54, 1.807) is 7.11 Å². The first-order valence-electron chi connectivity index (χ1n) is 17.2. The smallest absolute Gasteiger partial charge is 0.306 e. The molecule has 0 aliphatic carbocycles. The summed E-state index contributed by atoms with van der Waals surface area (Å²) in [6.45, 7) is 2.67. The van der Waals surface area contributed by atoms with Crippen LogP contribution in [0.1, 0.15) is 135 Å². The minimum Gasteiger partial charge on any atom is -0.756 e. The summed E-state index contributed by atoms with van der Waals surface area (Å²) in [5, 5.41) is 0. The van der Waals surface area contributed by atoms with E-state index in [2.05, 4.69) is 6.92 Å². The Kier molecular flexibility index (Phi) is 27.6. The second-order valence-corrected chi connectivity index (χ2v) is 14.3. The highest BCUT2D eigenvalue weighted by molar-refractivity contribution is 7.45. The number of carbonyl (C=O) groups is 2. The Bertz CT molecular complexity index is 745. The average Bonchev–Trinajstić information content (AvgIpc) is 2.95. The van der Waals surface area contributed by atoms with Crippen LogP contribution in [0.15, 0.2) is 0 Å². The third kappa shape index (κ3) is 31.0. The van der Waals surface area contributed by atoms with Gasteiger partial charge in [0, 0.05) is 26.6 Å². The van der Waals surface area contributed by atoms with Crippen LogP contribution in [-0.4, -0.2) is 83.8 Å². The van der Waals surface area contributed by atoms with Gasteiger partial charge in [-0.1, -0.05) is 103 Å². The lowest BCUT2D eigenvalue weighted by atomic mass is 10.0. The standard InChI is InChI=1S/C33H66NO9P/c1-6-7-8-9-10-11-12-13-14-15-16-18-21-24-32(35)40-29-31(30-42-44(37,38)41-28-26-34(2,3)4)43-33(36)25-22-19-17-20-23-27-39-5/h31H,6-30H2,1-5H3. The first-order valence-corrected chi connectivity index (χ1v) is 18.7. The van der Waals surface area contributed by atoms with E-state index < -0.39 is 32.5 Å². The van der Waals surface area contributed by atoms with E-state index in [9.17, 15) is 19.0 Å². The Morgan fingerprint density at radius 3 is 1.64 bits per heavy atom. The van der Waals surface area contributed by atoms with Crippen molar-refractivity contribution in [3.05, 3.63) is 0 Å². The molecule has 2 atom stereocenters. The zero-order valence-electron chi connectivity index (χ0n) is 28.8. The third-order valence-electron chi connectivity index (χ3n) is 7.37. The van der Waals surface area contributed by atoms with Gasteiger partial charge >= 0.3 is 11.9 Å². The van der Waals surface area contributed by atoms with Crippen molar-refractivity contribution >= 4 is 19.8 Å². The van der Waals surface area contributed by atoms with E-state index in [0.29, 0.717) is 17.4 Å². The maximum Gasteiger partial charge on any atom is 0.306 e. The predicted molar refractivity (Wildman–Crippen MR) is 173 cm³/mol. The Morgan fingerprint density at radius 1 is 0.659 bits per heavy atom. The molecule has 0 rings (SSSR count). The van der Waals surface area contributed by atoms with Crippen LogP contribution in [0.4, 0.5) is 0 Å². The Labute approximate surface area is 269 Å². The average molecular weight is 652 g/mol. The van der Waals surface area contributed by atoms with Crippen LogP contribution in [0.3, 0.4) is 0 Å². The molecule has 0 radical (unpaired) electrons. The van der Waals surface area contributed by atoms with E-state index in [1.165, 1.54) is 64.2 Å². The fourth-order valence-corrected chi connectivity index (χ4v) is 5.32. The molecule has 0 bridgehead atoms. The Hall–Kier alpha value is -1.03. The minimum atomic E-state index is -4.61. The number of nitrogens with zero attached hydrogens (tertiary/aromatic N) is 1. The van der Waals surface area contributed by atoms with Crippen LogP contribution in [-0.2, 0) is 37.4 Å². The van der Waals surface area contributed by atoms with Crippen LogP contribution in [0, 0.1) is 0 Å². The molecule has 11 heteroatoms. The van der Waals surface area contributed by atoms with Gasteiger partial charge in [0.05, 0.1) is 27.7 Å². The molecule has 0 aromatic carbocycles. The molecule has 0 spiro atoms. The molecule has 0 aliphatic heterocycles. The summed E-state index contributed by atoms with van der Waals surface area (Å²) in [5.74, 6) is -0.871. The third-order valence-corrected chi connectivity index (χ3v) is 8.34. The number of esters is 2. The zero-order valence-corrected chi connectivity index (χ0v) is 29.7. The van der Waals surface area contributed by atoms with Crippen molar-refractivity contribution in [1.29, 1.82) is 0 Å². The largest absolute Gasteiger partial charge is 0.756 e. The molecule has 44 heavy (non-hydrogen) atoms. The monoisotopic (exact) mass is 651 g/mol. The number of carbonyl (C=O) groups excluding carboxylic acids is 2. The number of hydrogen-bond acceptors (Lipinski definition) is 9.